The first-order valence-corrected chi connectivity index (χ1v) is 7.33. The van der Waals surface area contributed by atoms with Crippen LogP contribution in [-0.2, 0) is 4.79 Å². The van der Waals surface area contributed by atoms with Crippen molar-refractivity contribution in [3.8, 4) is 5.75 Å². The molecule has 1 radical (unpaired) electrons. The molecule has 5 heteroatoms. The van der Waals surface area contributed by atoms with Crippen LogP contribution in [0, 0.1) is 0 Å². The first-order chi connectivity index (χ1) is 11.7. The van der Waals surface area contributed by atoms with E-state index in [1.54, 1.807) is 49.9 Å². The van der Waals surface area contributed by atoms with Gasteiger partial charge >= 0.3 is 12.4 Å². The van der Waals surface area contributed by atoms with Gasteiger partial charge in [-0.25, -0.2) is 9.69 Å². The molecule has 0 bridgehead atoms. The highest BCUT2D eigenvalue weighted by Crippen LogP contribution is 2.22. The Bertz CT molecular complexity index is 875. The Balaban J connectivity index is 1.83. The molecular weight excluding hydrogens is 304 g/mol. The van der Waals surface area contributed by atoms with Gasteiger partial charge in [0.05, 0.1) is 12.8 Å². The Morgan fingerprint density at radius 1 is 1.00 bits per heavy atom. The van der Waals surface area contributed by atoms with E-state index < -0.39 is 6.03 Å². The van der Waals surface area contributed by atoms with Gasteiger partial charge in [-0.2, -0.15) is 0 Å². The van der Waals surface area contributed by atoms with E-state index in [4.69, 9.17) is 4.74 Å². The monoisotopic (exact) mass is 319 g/mol. The van der Waals surface area contributed by atoms with E-state index in [0.717, 1.165) is 15.7 Å². The summed E-state index contributed by atoms with van der Waals surface area (Å²) in [5, 5.41) is 4.63. The van der Waals surface area contributed by atoms with Crippen molar-refractivity contribution in [3.05, 3.63) is 66.7 Å². The predicted octanol–water partition coefficient (Wildman–Crippen LogP) is 3.95. The summed E-state index contributed by atoms with van der Waals surface area (Å²) < 4.78 is 5.07. The third-order valence-corrected chi connectivity index (χ3v) is 3.63. The van der Waals surface area contributed by atoms with Crippen LogP contribution < -0.4 is 15.0 Å². The summed E-state index contributed by atoms with van der Waals surface area (Å²) in [7, 11) is 1.57. The maximum Gasteiger partial charge on any atom is 0.333 e. The van der Waals surface area contributed by atoms with E-state index in [9.17, 15) is 9.59 Å². The lowest BCUT2D eigenvalue weighted by Gasteiger charge is -2.16. The van der Waals surface area contributed by atoms with Crippen LogP contribution in [0.5, 0.6) is 5.75 Å². The number of hydrogen-bond donors (Lipinski definition) is 1. The number of benzene rings is 3. The van der Waals surface area contributed by atoms with E-state index in [2.05, 4.69) is 5.32 Å². The maximum absolute atomic E-state index is 12.4. The minimum absolute atomic E-state index is 0.453. The van der Waals surface area contributed by atoms with E-state index in [1.165, 1.54) is 0 Å². The fourth-order valence-electron chi connectivity index (χ4n) is 2.38. The van der Waals surface area contributed by atoms with Crippen LogP contribution in [0.25, 0.3) is 10.8 Å². The van der Waals surface area contributed by atoms with Crippen LogP contribution in [-0.4, -0.2) is 19.6 Å². The number of rotatable bonds is 4. The second-order valence-electron chi connectivity index (χ2n) is 5.12. The van der Waals surface area contributed by atoms with Crippen molar-refractivity contribution >= 4 is 34.6 Å². The van der Waals surface area contributed by atoms with Gasteiger partial charge in [-0.3, -0.25) is 4.79 Å². The van der Waals surface area contributed by atoms with E-state index >= 15 is 0 Å². The highest BCUT2D eigenvalue weighted by atomic mass is 16.5. The first kappa shape index (κ1) is 15.6. The highest BCUT2D eigenvalue weighted by molar-refractivity contribution is 6.13. The molecule has 0 aromatic heterocycles. The molecule has 0 aliphatic rings. The molecular formula is C19H15N2O3. The summed E-state index contributed by atoms with van der Waals surface area (Å²) in [6.45, 7) is 0. The maximum atomic E-state index is 12.4. The summed E-state index contributed by atoms with van der Waals surface area (Å²) in [5.41, 5.74) is 1.01. The number of fused-ring (bicyclic) bond motifs is 1. The second kappa shape index (κ2) is 6.83. The topological polar surface area (TPSA) is 58.6 Å². The lowest BCUT2D eigenvalue weighted by Crippen LogP contribution is -2.33. The average molecular weight is 319 g/mol. The third kappa shape index (κ3) is 3.20. The van der Waals surface area contributed by atoms with Crippen LogP contribution in [0.3, 0.4) is 0 Å². The Morgan fingerprint density at radius 2 is 1.71 bits per heavy atom. The Labute approximate surface area is 139 Å². The number of methoxy groups -OCH3 is 1. The SMILES string of the molecule is COc1ccc(NC(=O)N([C]=O)c2ccc3ccccc3c2)cc1. The summed E-state index contributed by atoms with van der Waals surface area (Å²) in [6.07, 6.45) is 1.67. The molecule has 0 atom stereocenters. The molecule has 0 saturated heterocycles. The lowest BCUT2D eigenvalue weighted by molar-refractivity contribution is 0.259. The van der Waals surface area contributed by atoms with Gasteiger partial charge in [0.2, 0.25) is 0 Å². The largest absolute Gasteiger partial charge is 0.497 e. The summed E-state index contributed by atoms with van der Waals surface area (Å²) in [4.78, 5) is 24.6. The van der Waals surface area contributed by atoms with Gasteiger partial charge in [-0.1, -0.05) is 30.3 Å². The fraction of sp³-hybridized carbons (Fsp3) is 0.0526. The van der Waals surface area contributed by atoms with Crippen molar-refractivity contribution in [3.63, 3.8) is 0 Å². The zero-order valence-corrected chi connectivity index (χ0v) is 13.0. The highest BCUT2D eigenvalue weighted by Gasteiger charge is 2.16. The van der Waals surface area contributed by atoms with Gasteiger partial charge in [-0.15, -0.1) is 0 Å². The Hall–Kier alpha value is -3.34. The molecule has 0 spiro atoms. The van der Waals surface area contributed by atoms with Crippen molar-refractivity contribution in [1.82, 2.24) is 0 Å². The molecule has 3 amide bonds. The van der Waals surface area contributed by atoms with Crippen molar-refractivity contribution < 1.29 is 14.3 Å². The number of urea groups is 1. The molecule has 0 saturated carbocycles. The number of nitrogens with zero attached hydrogens (tertiary/aromatic N) is 1. The number of carbonyl (C=O) groups excluding carboxylic acids is 2. The average Bonchev–Trinajstić information content (AvgIpc) is 2.63. The van der Waals surface area contributed by atoms with Gasteiger partial charge in [0.15, 0.2) is 0 Å². The minimum Gasteiger partial charge on any atom is -0.497 e. The molecule has 0 fully saturated rings. The van der Waals surface area contributed by atoms with Gasteiger partial charge in [0, 0.05) is 5.69 Å². The normalized spacial score (nSPS) is 10.2. The summed E-state index contributed by atoms with van der Waals surface area (Å²) >= 11 is 0. The van der Waals surface area contributed by atoms with E-state index in [1.807, 2.05) is 30.3 Å². The van der Waals surface area contributed by atoms with Crippen LogP contribution >= 0.6 is 0 Å². The van der Waals surface area contributed by atoms with Crippen molar-refractivity contribution in [1.29, 1.82) is 0 Å². The zero-order valence-electron chi connectivity index (χ0n) is 13.0. The van der Waals surface area contributed by atoms with Crippen LogP contribution in [0.2, 0.25) is 0 Å². The van der Waals surface area contributed by atoms with Gasteiger partial charge in [0.1, 0.15) is 5.75 Å². The predicted molar refractivity (Wildman–Crippen MR) is 94.1 cm³/mol. The van der Waals surface area contributed by atoms with Crippen LogP contribution in [0.4, 0.5) is 16.2 Å². The Kier molecular flexibility index (Phi) is 4.43. The van der Waals surface area contributed by atoms with E-state index in [0.29, 0.717) is 17.1 Å². The van der Waals surface area contributed by atoms with Gasteiger partial charge < -0.3 is 10.1 Å². The third-order valence-electron chi connectivity index (χ3n) is 3.63. The second-order valence-corrected chi connectivity index (χ2v) is 5.12. The molecule has 3 aromatic carbocycles. The number of hydrogen-bond acceptors (Lipinski definition) is 3. The van der Waals surface area contributed by atoms with E-state index in [-0.39, 0.29) is 0 Å². The molecule has 24 heavy (non-hydrogen) atoms. The molecule has 1 N–H and O–H groups in total. The molecule has 0 aliphatic heterocycles. The lowest BCUT2D eigenvalue weighted by atomic mass is 10.1. The summed E-state index contributed by atoms with van der Waals surface area (Å²) in [6, 6.07) is 19.3. The number of carbonyl (C=O) groups is 1. The quantitative estimate of drug-likeness (QED) is 0.741. The molecule has 0 heterocycles. The number of anilines is 2. The number of imide groups is 1. The number of ether oxygens (including phenoxy) is 1. The molecule has 5 nitrogen and oxygen atoms in total. The number of amides is 3. The van der Waals surface area contributed by atoms with Crippen LogP contribution in [0.1, 0.15) is 0 Å². The smallest absolute Gasteiger partial charge is 0.333 e. The van der Waals surface area contributed by atoms with Crippen molar-refractivity contribution in [2.75, 3.05) is 17.3 Å². The fourth-order valence-corrected chi connectivity index (χ4v) is 2.38. The standard InChI is InChI=1S/C19H15N2O3/c1-24-18-10-7-16(8-11-18)20-19(23)21(13-22)17-9-6-14-4-2-3-5-15(14)12-17/h2-12H,1H3,(H,20,23). The van der Waals surface area contributed by atoms with Crippen molar-refractivity contribution in [2.45, 2.75) is 0 Å². The minimum atomic E-state index is -0.578. The first-order valence-electron chi connectivity index (χ1n) is 7.33. The molecule has 0 unspecified atom stereocenters. The number of nitrogens with one attached hydrogen (secondary N) is 1. The van der Waals surface area contributed by atoms with Gasteiger partial charge in [0.25, 0.3) is 0 Å². The summed E-state index contributed by atoms with van der Waals surface area (Å²) in [5.74, 6) is 0.682. The Morgan fingerprint density at radius 3 is 2.38 bits per heavy atom. The zero-order chi connectivity index (χ0) is 16.9. The molecule has 0 aliphatic carbocycles. The molecule has 3 rings (SSSR count). The van der Waals surface area contributed by atoms with Crippen molar-refractivity contribution in [2.24, 2.45) is 0 Å². The molecule has 3 aromatic rings. The van der Waals surface area contributed by atoms with Gasteiger partial charge in [-0.05, 0) is 47.2 Å². The van der Waals surface area contributed by atoms with Crippen LogP contribution in [0.15, 0.2) is 66.7 Å². The molecule has 119 valence electrons.